The number of benzene rings is 2. The highest BCUT2D eigenvalue weighted by Crippen LogP contribution is 2.51. The van der Waals surface area contributed by atoms with Gasteiger partial charge in [-0.25, -0.2) is 3.63 Å². The van der Waals surface area contributed by atoms with Crippen molar-refractivity contribution in [2.45, 2.75) is 18.0 Å². The molecule has 0 atom stereocenters. The molecule has 0 unspecified atom stereocenters. The Morgan fingerprint density at radius 1 is 0.935 bits per heavy atom. The summed E-state index contributed by atoms with van der Waals surface area (Å²) in [7, 11) is -7.18. The van der Waals surface area contributed by atoms with E-state index >= 15 is 0 Å². The second-order valence-electron chi connectivity index (χ2n) is 6.80. The molecule has 0 fully saturated rings. The monoisotopic (exact) mass is 480 g/mol. The lowest BCUT2D eigenvalue weighted by molar-refractivity contribution is -0.137. The van der Waals surface area contributed by atoms with Crippen LogP contribution < -0.4 is 0 Å². The van der Waals surface area contributed by atoms with Gasteiger partial charge in [-0.1, -0.05) is 29.8 Å². The molecule has 0 spiro atoms. The largest absolute Gasteiger partial charge is 0.416 e. The van der Waals surface area contributed by atoms with E-state index in [2.05, 4.69) is 0 Å². The number of hydrogen-bond donors (Lipinski definition) is 2. The number of aliphatic hydroxyl groups excluding tert-OH is 2. The van der Waals surface area contributed by atoms with Gasteiger partial charge in [-0.3, -0.25) is 4.79 Å². The fourth-order valence-corrected chi connectivity index (χ4v) is 7.62. The van der Waals surface area contributed by atoms with E-state index in [9.17, 15) is 36.6 Å². The van der Waals surface area contributed by atoms with Crippen LogP contribution >= 0.6 is 10.3 Å². The first-order valence-corrected chi connectivity index (χ1v) is 12.6. The Balaban J connectivity index is 2.34. The zero-order valence-corrected chi connectivity index (χ0v) is 18.3. The summed E-state index contributed by atoms with van der Waals surface area (Å²) >= 11 is 0. The van der Waals surface area contributed by atoms with Crippen LogP contribution in [0.2, 0.25) is 0 Å². The molecule has 11 heteroatoms. The van der Waals surface area contributed by atoms with Gasteiger partial charge in [-0.15, -0.1) is 10.3 Å². The Bertz CT molecular complexity index is 981. The minimum Gasteiger partial charge on any atom is -0.395 e. The molecule has 0 radical (unpaired) electrons. The molecule has 2 rings (SSSR count). The number of alkyl halides is 3. The minimum absolute atomic E-state index is 0.0583. The van der Waals surface area contributed by atoms with Crippen LogP contribution in [0.5, 0.6) is 0 Å². The predicted octanol–water partition coefficient (Wildman–Crippen LogP) is 3.31. The fourth-order valence-electron chi connectivity index (χ4n) is 2.77. The highest BCUT2D eigenvalue weighted by molar-refractivity contribution is 8.33. The fraction of sp³-hybridized carbons (Fsp3) is 0.350. The molecule has 2 aromatic rings. The molecule has 172 valence electrons. The highest BCUT2D eigenvalue weighted by atomic mass is 32.3. The van der Waals surface area contributed by atoms with Crippen molar-refractivity contribution < 1.29 is 40.2 Å². The molecule has 0 aliphatic heterocycles. The molecule has 0 saturated carbocycles. The van der Waals surface area contributed by atoms with Crippen molar-refractivity contribution in [3.8, 4) is 0 Å². The molecule has 2 N–H and O–H groups in total. The van der Waals surface area contributed by atoms with Gasteiger partial charge in [0.1, 0.15) is 0 Å². The zero-order valence-electron chi connectivity index (χ0n) is 16.6. The molecule has 2 aromatic carbocycles. The third-order valence-electron chi connectivity index (χ3n) is 4.40. The number of carbonyl (C=O) groups excluding carboxylic acids is 1. The van der Waals surface area contributed by atoms with Crippen molar-refractivity contribution in [3.05, 3.63) is 65.2 Å². The second kappa shape index (κ2) is 10.1. The number of Topliss-reactive ketones (excluding diaryl/α,β-unsaturated/α-hetero) is 1. The van der Waals surface area contributed by atoms with E-state index in [-0.39, 0.29) is 22.0 Å². The summed E-state index contributed by atoms with van der Waals surface area (Å²) in [5.74, 6) is -1.54. The summed E-state index contributed by atoms with van der Waals surface area (Å²) in [5, 5.41) is 18.9. The third kappa shape index (κ3) is 6.78. The normalized spacial score (nSPS) is 13.2. The van der Waals surface area contributed by atoms with Crippen molar-refractivity contribution in [1.82, 2.24) is 0 Å². The Morgan fingerprint density at radius 3 is 1.90 bits per heavy atom. The van der Waals surface area contributed by atoms with Gasteiger partial charge in [0.05, 0.1) is 29.4 Å². The molecular formula is C20H23F3O6S2. The zero-order chi connectivity index (χ0) is 23.3. The van der Waals surface area contributed by atoms with Crippen LogP contribution in [0.15, 0.2) is 53.4 Å². The van der Waals surface area contributed by atoms with E-state index in [4.69, 9.17) is 3.63 Å². The second-order valence-corrected chi connectivity index (χ2v) is 11.8. The molecule has 0 bridgehead atoms. The van der Waals surface area contributed by atoms with Gasteiger partial charge in [0.2, 0.25) is 0 Å². The van der Waals surface area contributed by atoms with Crippen LogP contribution in [0.1, 0.15) is 21.5 Å². The lowest BCUT2D eigenvalue weighted by Gasteiger charge is -2.36. The highest BCUT2D eigenvalue weighted by Gasteiger charge is 2.35. The van der Waals surface area contributed by atoms with Gasteiger partial charge < -0.3 is 10.2 Å². The number of carbonyl (C=O) groups is 1. The Kier molecular flexibility index (Phi) is 8.28. The minimum atomic E-state index is -4.56. The molecule has 0 amide bonds. The number of rotatable bonds is 10. The van der Waals surface area contributed by atoms with Crippen molar-refractivity contribution in [3.63, 3.8) is 0 Å². The van der Waals surface area contributed by atoms with Crippen molar-refractivity contribution >= 4 is 26.2 Å². The summed E-state index contributed by atoms with van der Waals surface area (Å²) in [5.41, 5.74) is -0.163. The maximum atomic E-state index is 12.8. The number of aryl methyl sites for hydroxylation is 1. The first-order chi connectivity index (χ1) is 14.4. The first kappa shape index (κ1) is 25.3. The lowest BCUT2D eigenvalue weighted by Crippen LogP contribution is -2.27. The van der Waals surface area contributed by atoms with E-state index in [1.165, 1.54) is 12.1 Å². The molecule has 31 heavy (non-hydrogen) atoms. The quantitative estimate of drug-likeness (QED) is 0.506. The summed E-state index contributed by atoms with van der Waals surface area (Å²) in [6, 6.07) is 9.33. The van der Waals surface area contributed by atoms with Gasteiger partial charge in [0.15, 0.2) is 5.78 Å². The maximum Gasteiger partial charge on any atom is 0.416 e. The number of hydrogen-bond acceptors (Lipinski definition) is 6. The van der Waals surface area contributed by atoms with Crippen LogP contribution in [0.4, 0.5) is 13.2 Å². The molecule has 0 heterocycles. The van der Waals surface area contributed by atoms with Crippen LogP contribution in [0.3, 0.4) is 0 Å². The van der Waals surface area contributed by atoms with Crippen LogP contribution in [0.25, 0.3) is 0 Å². The van der Waals surface area contributed by atoms with Gasteiger partial charge in [-0.05, 0) is 31.2 Å². The van der Waals surface area contributed by atoms with Gasteiger partial charge in [0.25, 0.3) is 0 Å². The summed E-state index contributed by atoms with van der Waals surface area (Å²) in [4.78, 5) is 12.6. The Hall–Kier alpha value is -1.92. The average molecular weight is 481 g/mol. The van der Waals surface area contributed by atoms with E-state index in [1.807, 2.05) is 0 Å². The molecule has 0 saturated heterocycles. The van der Waals surface area contributed by atoms with E-state index in [0.29, 0.717) is 0 Å². The van der Waals surface area contributed by atoms with Crippen molar-refractivity contribution in [2.75, 3.05) is 30.5 Å². The summed E-state index contributed by atoms with van der Waals surface area (Å²) < 4.78 is 69.2. The molecule has 0 aliphatic rings. The van der Waals surface area contributed by atoms with Gasteiger partial charge in [0, 0.05) is 17.1 Å². The topological polar surface area (TPSA) is 101 Å². The van der Waals surface area contributed by atoms with Crippen molar-refractivity contribution in [1.29, 1.82) is 0 Å². The van der Waals surface area contributed by atoms with E-state index in [0.717, 1.165) is 29.8 Å². The summed E-state index contributed by atoms with van der Waals surface area (Å²) in [6.45, 7) is 0.769. The smallest absolute Gasteiger partial charge is 0.395 e. The predicted molar refractivity (Wildman–Crippen MR) is 112 cm³/mol. The molecular weight excluding hydrogens is 457 g/mol. The van der Waals surface area contributed by atoms with Crippen LogP contribution in [0, 0.1) is 6.92 Å². The van der Waals surface area contributed by atoms with Crippen molar-refractivity contribution in [2.24, 2.45) is 0 Å². The molecule has 0 aliphatic carbocycles. The number of halogens is 3. The average Bonchev–Trinajstić information content (AvgIpc) is 2.67. The lowest BCUT2D eigenvalue weighted by atomic mass is 10.1. The van der Waals surface area contributed by atoms with Crippen LogP contribution in [-0.4, -0.2) is 54.9 Å². The SMILES string of the molecule is Cc1ccc(S(=O)(=O)OS(CCO)(CCO)CC(=O)c2ccc(C(F)(F)F)cc2)cc1. The van der Waals surface area contributed by atoms with Gasteiger partial charge >= 0.3 is 16.3 Å². The first-order valence-electron chi connectivity index (χ1n) is 9.14. The third-order valence-corrected chi connectivity index (χ3v) is 9.76. The standard InChI is InChI=1S/C20H23F3O6S2/c1-15-2-8-18(9-3-15)31(27,28)29-30(12-10-24,13-11-25)14-19(26)16-4-6-17(7-5-16)20(21,22)23/h2-9,24-25H,10-14H2,1H3. The Labute approximate surface area is 180 Å². The van der Waals surface area contributed by atoms with Gasteiger partial charge in [-0.2, -0.15) is 21.6 Å². The maximum absolute atomic E-state index is 12.8. The summed E-state index contributed by atoms with van der Waals surface area (Å²) in [6.07, 6.45) is -4.56. The van der Waals surface area contributed by atoms with Crippen LogP contribution in [-0.2, 0) is 19.9 Å². The molecule has 0 aromatic heterocycles. The number of ketones is 1. The number of aliphatic hydroxyl groups is 2. The molecule has 6 nitrogen and oxygen atoms in total. The van der Waals surface area contributed by atoms with E-state index < -0.39 is 56.9 Å². The Morgan fingerprint density at radius 2 is 1.45 bits per heavy atom. The van der Waals surface area contributed by atoms with E-state index in [1.54, 1.807) is 19.1 Å².